The van der Waals surface area contributed by atoms with Gasteiger partial charge in [0.2, 0.25) is 5.95 Å². The number of aryl methyl sites for hydroxylation is 1. The molecule has 1 saturated carbocycles. The van der Waals surface area contributed by atoms with Crippen molar-refractivity contribution >= 4 is 33.3 Å². The van der Waals surface area contributed by atoms with Crippen LogP contribution in [-0.2, 0) is 12.7 Å². The van der Waals surface area contributed by atoms with Crippen LogP contribution in [0.4, 0.5) is 24.9 Å². The largest absolute Gasteiger partial charge is 0.416 e. The Morgan fingerprint density at radius 2 is 1.81 bits per heavy atom. The molecule has 2 unspecified atom stereocenters. The monoisotopic (exact) mass is 513 g/mol. The molecule has 0 saturated heterocycles. The molecule has 1 fully saturated rings. The molecule has 0 aliphatic heterocycles. The molecule has 3 N–H and O–H groups in total. The highest BCUT2D eigenvalue weighted by Gasteiger charge is 2.33. The molecule has 2 aromatic heterocycles. The number of rotatable bonds is 7. The first kappa shape index (κ1) is 24.5. The second-order valence-electron chi connectivity index (χ2n) is 9.05. The van der Waals surface area contributed by atoms with Crippen LogP contribution in [0.15, 0.2) is 48.5 Å². The van der Waals surface area contributed by atoms with Gasteiger partial charge in [0.15, 0.2) is 0 Å². The van der Waals surface area contributed by atoms with Crippen molar-refractivity contribution in [2.75, 3.05) is 17.2 Å². The van der Waals surface area contributed by atoms with Crippen molar-refractivity contribution < 1.29 is 18.3 Å². The van der Waals surface area contributed by atoms with E-state index in [0.29, 0.717) is 11.5 Å². The summed E-state index contributed by atoms with van der Waals surface area (Å²) in [5, 5.41) is 16.8. The van der Waals surface area contributed by atoms with Crippen LogP contribution in [-0.4, -0.2) is 32.7 Å². The maximum Gasteiger partial charge on any atom is 0.416 e. The van der Waals surface area contributed by atoms with Crippen LogP contribution in [0.2, 0.25) is 0 Å². The Morgan fingerprint density at radius 3 is 2.56 bits per heavy atom. The Hall–Kier alpha value is -3.24. The molecule has 0 radical (unpaired) electrons. The van der Waals surface area contributed by atoms with Crippen LogP contribution in [0, 0.1) is 12.8 Å². The lowest BCUT2D eigenvalue weighted by atomic mass is 10.1. The van der Waals surface area contributed by atoms with Gasteiger partial charge in [-0.05, 0) is 55.9 Å². The van der Waals surface area contributed by atoms with Gasteiger partial charge in [0.25, 0.3) is 0 Å². The quantitative estimate of drug-likeness (QED) is 0.270. The van der Waals surface area contributed by atoms with Crippen molar-refractivity contribution in [3.8, 4) is 10.6 Å². The number of fused-ring (bicyclic) bond motifs is 1. The third kappa shape index (κ3) is 5.15. The number of benzene rings is 2. The normalized spacial score (nSPS) is 18.0. The highest BCUT2D eigenvalue weighted by atomic mass is 32.1. The van der Waals surface area contributed by atoms with E-state index in [2.05, 4.69) is 15.6 Å². The topological polar surface area (TPSA) is 83.0 Å². The van der Waals surface area contributed by atoms with Crippen LogP contribution in [0.3, 0.4) is 0 Å². The van der Waals surface area contributed by atoms with E-state index < -0.39 is 11.7 Å². The van der Waals surface area contributed by atoms with E-state index in [-0.39, 0.29) is 36.6 Å². The minimum Gasteiger partial charge on any atom is -0.396 e. The smallest absolute Gasteiger partial charge is 0.396 e. The van der Waals surface area contributed by atoms with E-state index in [1.165, 1.54) is 12.1 Å². The summed E-state index contributed by atoms with van der Waals surface area (Å²) in [4.78, 5) is 14.1. The van der Waals surface area contributed by atoms with Crippen LogP contribution < -0.4 is 10.6 Å². The SMILES string of the molecule is Cc1nc(NCc2ccccc2C(F)(F)F)nc(NC2CCC(CO)C2)c1-c1nc2ccccc2s1. The summed E-state index contributed by atoms with van der Waals surface area (Å²) < 4.78 is 41.3. The molecule has 0 bridgehead atoms. The minimum absolute atomic E-state index is 0.0644. The lowest BCUT2D eigenvalue weighted by molar-refractivity contribution is -0.138. The number of aromatic nitrogens is 3. The number of anilines is 2. The van der Waals surface area contributed by atoms with Crippen molar-refractivity contribution in [2.45, 2.75) is 44.9 Å². The Kier molecular flexibility index (Phi) is 6.81. The summed E-state index contributed by atoms with van der Waals surface area (Å²) in [6.07, 6.45) is -1.80. The summed E-state index contributed by atoms with van der Waals surface area (Å²) >= 11 is 1.55. The molecule has 2 heterocycles. The average molecular weight is 514 g/mol. The number of nitrogens with zero attached hydrogens (tertiary/aromatic N) is 3. The van der Waals surface area contributed by atoms with Gasteiger partial charge in [-0.1, -0.05) is 30.3 Å². The summed E-state index contributed by atoms with van der Waals surface area (Å²) in [5.74, 6) is 1.08. The average Bonchev–Trinajstić information content (AvgIpc) is 3.48. The second-order valence-corrected chi connectivity index (χ2v) is 10.1. The van der Waals surface area contributed by atoms with Crippen molar-refractivity contribution in [1.29, 1.82) is 0 Å². The first-order valence-corrected chi connectivity index (χ1v) is 12.6. The van der Waals surface area contributed by atoms with E-state index in [4.69, 9.17) is 9.97 Å². The fourth-order valence-electron chi connectivity index (χ4n) is 4.68. The standard InChI is InChI=1S/C26H26F3N5OS/c1-15-22(24-33-20-8-4-5-9-21(20)36-24)23(32-18-11-10-16(12-18)14-35)34-25(31-15)30-13-17-6-2-3-7-19(17)26(27,28)29/h2-9,16,18,35H,10-14H2,1H3,(H2,30,31,32,34). The Bertz CT molecular complexity index is 1340. The molecule has 6 nitrogen and oxygen atoms in total. The summed E-state index contributed by atoms with van der Waals surface area (Å²) in [5.41, 5.74) is 1.78. The lowest BCUT2D eigenvalue weighted by Gasteiger charge is -2.19. The van der Waals surface area contributed by atoms with Crippen LogP contribution in [0.1, 0.15) is 36.1 Å². The number of para-hydroxylation sites is 1. The number of thiazole rings is 1. The van der Waals surface area contributed by atoms with Gasteiger partial charge in [-0.15, -0.1) is 11.3 Å². The fourth-order valence-corrected chi connectivity index (χ4v) is 5.75. The van der Waals surface area contributed by atoms with Crippen molar-refractivity contribution in [2.24, 2.45) is 5.92 Å². The van der Waals surface area contributed by atoms with E-state index >= 15 is 0 Å². The van der Waals surface area contributed by atoms with Crippen LogP contribution in [0.5, 0.6) is 0 Å². The zero-order valence-corrected chi connectivity index (χ0v) is 20.5. The maximum atomic E-state index is 13.4. The highest BCUT2D eigenvalue weighted by Crippen LogP contribution is 2.38. The zero-order chi connectivity index (χ0) is 25.3. The molecular weight excluding hydrogens is 487 g/mol. The molecule has 0 amide bonds. The molecule has 1 aliphatic carbocycles. The number of aliphatic hydroxyl groups excluding tert-OH is 1. The highest BCUT2D eigenvalue weighted by molar-refractivity contribution is 7.21. The third-order valence-corrected chi connectivity index (χ3v) is 7.55. The molecule has 0 spiro atoms. The predicted molar refractivity (Wildman–Crippen MR) is 136 cm³/mol. The molecule has 2 atom stereocenters. The van der Waals surface area contributed by atoms with Crippen molar-refractivity contribution in [1.82, 2.24) is 15.0 Å². The first-order chi connectivity index (χ1) is 17.3. The second kappa shape index (κ2) is 10.0. The van der Waals surface area contributed by atoms with Gasteiger partial charge in [-0.3, -0.25) is 0 Å². The number of nitrogens with one attached hydrogen (secondary N) is 2. The number of hydrogen-bond acceptors (Lipinski definition) is 7. The summed E-state index contributed by atoms with van der Waals surface area (Å²) in [6.45, 7) is 1.94. The predicted octanol–water partition coefficient (Wildman–Crippen LogP) is 6.27. The minimum atomic E-state index is -4.44. The molecule has 1 aliphatic rings. The molecule has 188 valence electrons. The number of halogens is 3. The lowest BCUT2D eigenvalue weighted by Crippen LogP contribution is -2.19. The summed E-state index contributed by atoms with van der Waals surface area (Å²) in [7, 11) is 0. The molecule has 4 aromatic rings. The molecule has 2 aromatic carbocycles. The molecule has 5 rings (SSSR count). The van der Waals surface area contributed by atoms with Gasteiger partial charge in [-0.25, -0.2) is 9.97 Å². The van der Waals surface area contributed by atoms with E-state index in [1.807, 2.05) is 31.2 Å². The van der Waals surface area contributed by atoms with E-state index in [0.717, 1.165) is 46.1 Å². The van der Waals surface area contributed by atoms with Crippen molar-refractivity contribution in [3.05, 3.63) is 65.4 Å². The van der Waals surface area contributed by atoms with Crippen LogP contribution in [0.25, 0.3) is 20.8 Å². The van der Waals surface area contributed by atoms with Gasteiger partial charge in [-0.2, -0.15) is 18.2 Å². The maximum absolute atomic E-state index is 13.4. The van der Waals surface area contributed by atoms with Crippen LogP contribution >= 0.6 is 11.3 Å². The van der Waals surface area contributed by atoms with Gasteiger partial charge in [0, 0.05) is 19.2 Å². The molecule has 10 heteroatoms. The third-order valence-electron chi connectivity index (χ3n) is 6.50. The Labute approximate surface area is 210 Å². The molecule has 36 heavy (non-hydrogen) atoms. The van der Waals surface area contributed by atoms with E-state index in [1.54, 1.807) is 17.4 Å². The van der Waals surface area contributed by atoms with Crippen molar-refractivity contribution in [3.63, 3.8) is 0 Å². The van der Waals surface area contributed by atoms with Gasteiger partial charge >= 0.3 is 6.18 Å². The number of aliphatic hydroxyl groups is 1. The first-order valence-electron chi connectivity index (χ1n) is 11.8. The Balaban J connectivity index is 1.48. The number of alkyl halides is 3. The van der Waals surface area contributed by atoms with Gasteiger partial charge in [0.05, 0.1) is 27.0 Å². The molecular formula is C26H26F3N5OS. The van der Waals surface area contributed by atoms with Gasteiger partial charge in [0.1, 0.15) is 10.8 Å². The zero-order valence-electron chi connectivity index (χ0n) is 19.6. The fraction of sp³-hybridized carbons (Fsp3) is 0.346. The summed E-state index contributed by atoms with van der Waals surface area (Å²) in [6, 6.07) is 13.5. The number of hydrogen-bond donors (Lipinski definition) is 3. The van der Waals surface area contributed by atoms with E-state index in [9.17, 15) is 18.3 Å². The Morgan fingerprint density at radius 1 is 1.03 bits per heavy atom. The van der Waals surface area contributed by atoms with Gasteiger partial charge < -0.3 is 15.7 Å².